The SMILES string of the molecule is COC(=O)CCCN=S. The quantitative estimate of drug-likeness (QED) is 0.433. The van der Waals surface area contributed by atoms with Crippen molar-refractivity contribution in [2.45, 2.75) is 12.8 Å². The summed E-state index contributed by atoms with van der Waals surface area (Å²) in [5.74, 6) is -0.200. The summed E-state index contributed by atoms with van der Waals surface area (Å²) in [7, 11) is 1.37. The van der Waals surface area contributed by atoms with Crippen molar-refractivity contribution in [2.24, 2.45) is 4.36 Å². The standard InChI is InChI=1S/C5H9NO2S/c1-8-5(7)3-2-4-6-9/h2-4H2,1H3. The molecule has 0 radical (unpaired) electrons. The van der Waals surface area contributed by atoms with Crippen molar-refractivity contribution >= 4 is 18.4 Å². The van der Waals surface area contributed by atoms with Crippen LogP contribution in [-0.2, 0) is 22.0 Å². The van der Waals surface area contributed by atoms with Gasteiger partial charge in [-0.2, -0.15) is 0 Å². The number of ether oxygens (including phenoxy) is 1. The van der Waals surface area contributed by atoms with Crippen molar-refractivity contribution in [1.82, 2.24) is 0 Å². The molecule has 0 fully saturated rings. The van der Waals surface area contributed by atoms with E-state index in [1.165, 1.54) is 7.11 Å². The number of carbonyl (C=O) groups is 1. The summed E-state index contributed by atoms with van der Waals surface area (Å²) in [6, 6.07) is 0. The first-order valence-corrected chi connectivity index (χ1v) is 3.03. The van der Waals surface area contributed by atoms with Gasteiger partial charge in [0.1, 0.15) is 0 Å². The van der Waals surface area contributed by atoms with Crippen molar-refractivity contribution in [3.8, 4) is 0 Å². The largest absolute Gasteiger partial charge is 0.469 e. The molecule has 0 aromatic rings. The van der Waals surface area contributed by atoms with E-state index in [-0.39, 0.29) is 5.97 Å². The summed E-state index contributed by atoms with van der Waals surface area (Å²) in [4.78, 5) is 10.4. The minimum atomic E-state index is -0.200. The molecule has 0 atom stereocenters. The number of esters is 1. The maximum absolute atomic E-state index is 10.4. The number of hydrogen-bond acceptors (Lipinski definition) is 4. The predicted molar refractivity (Wildman–Crippen MR) is 35.9 cm³/mol. The van der Waals surface area contributed by atoms with Crippen LogP contribution in [0, 0.1) is 0 Å². The third-order valence-electron chi connectivity index (χ3n) is 0.858. The van der Waals surface area contributed by atoms with Crippen molar-refractivity contribution in [3.05, 3.63) is 0 Å². The zero-order chi connectivity index (χ0) is 7.11. The van der Waals surface area contributed by atoms with E-state index in [1.54, 1.807) is 0 Å². The van der Waals surface area contributed by atoms with Gasteiger partial charge in [0.15, 0.2) is 0 Å². The molecule has 0 aliphatic heterocycles. The topological polar surface area (TPSA) is 38.7 Å². The Morgan fingerprint density at radius 1 is 1.78 bits per heavy atom. The Bertz CT molecular complexity index is 105. The van der Waals surface area contributed by atoms with E-state index in [0.717, 1.165) is 0 Å². The fraction of sp³-hybridized carbons (Fsp3) is 0.800. The van der Waals surface area contributed by atoms with Gasteiger partial charge in [0.05, 0.1) is 13.7 Å². The van der Waals surface area contributed by atoms with Gasteiger partial charge in [-0.15, -0.1) is 0 Å². The highest BCUT2D eigenvalue weighted by molar-refractivity contribution is 7.47. The second-order valence-electron chi connectivity index (χ2n) is 1.53. The van der Waals surface area contributed by atoms with Crippen LogP contribution < -0.4 is 0 Å². The van der Waals surface area contributed by atoms with Crippen LogP contribution in [0.3, 0.4) is 0 Å². The van der Waals surface area contributed by atoms with E-state index in [9.17, 15) is 4.79 Å². The van der Waals surface area contributed by atoms with Gasteiger partial charge in [-0.1, -0.05) is 0 Å². The van der Waals surface area contributed by atoms with Crippen LogP contribution in [-0.4, -0.2) is 19.6 Å². The first-order chi connectivity index (χ1) is 4.31. The van der Waals surface area contributed by atoms with E-state index < -0.39 is 0 Å². The molecular formula is C5H9NO2S. The molecule has 0 aromatic heterocycles. The lowest BCUT2D eigenvalue weighted by Gasteiger charge is -1.93. The van der Waals surface area contributed by atoms with E-state index >= 15 is 0 Å². The van der Waals surface area contributed by atoms with Crippen LogP contribution in [0.2, 0.25) is 0 Å². The molecule has 0 aliphatic rings. The molecule has 9 heavy (non-hydrogen) atoms. The van der Waals surface area contributed by atoms with E-state index in [1.807, 2.05) is 0 Å². The molecule has 0 spiro atoms. The van der Waals surface area contributed by atoms with Gasteiger partial charge in [-0.25, -0.2) is 4.36 Å². The van der Waals surface area contributed by atoms with E-state index in [4.69, 9.17) is 0 Å². The molecule has 4 heteroatoms. The molecule has 0 bridgehead atoms. The van der Waals surface area contributed by atoms with Crippen LogP contribution in [0.25, 0.3) is 0 Å². The monoisotopic (exact) mass is 147 g/mol. The molecular weight excluding hydrogens is 138 g/mol. The maximum Gasteiger partial charge on any atom is 0.305 e. The molecule has 0 unspecified atom stereocenters. The van der Waals surface area contributed by atoms with Crippen molar-refractivity contribution in [2.75, 3.05) is 13.7 Å². The number of nitrogens with zero attached hydrogens (tertiary/aromatic N) is 1. The third kappa shape index (κ3) is 5.36. The first-order valence-electron chi connectivity index (χ1n) is 2.67. The van der Waals surface area contributed by atoms with Crippen LogP contribution in [0.15, 0.2) is 4.36 Å². The van der Waals surface area contributed by atoms with E-state index in [2.05, 4.69) is 21.5 Å². The molecule has 3 nitrogen and oxygen atoms in total. The molecule has 0 aromatic carbocycles. The minimum Gasteiger partial charge on any atom is -0.469 e. The average Bonchev–Trinajstić information content (AvgIpc) is 1.89. The highest BCUT2D eigenvalue weighted by Gasteiger charge is 1.96. The van der Waals surface area contributed by atoms with Crippen LogP contribution >= 0.6 is 0 Å². The molecule has 0 N–H and O–H groups in total. The summed E-state index contributed by atoms with van der Waals surface area (Å²) in [6.45, 7) is 0.560. The summed E-state index contributed by atoms with van der Waals surface area (Å²) >= 11 is 4.31. The van der Waals surface area contributed by atoms with Crippen molar-refractivity contribution < 1.29 is 9.53 Å². The minimum absolute atomic E-state index is 0.200. The average molecular weight is 147 g/mol. The molecule has 0 aliphatic carbocycles. The van der Waals surface area contributed by atoms with Gasteiger partial charge in [0, 0.05) is 18.8 Å². The zero-order valence-corrected chi connectivity index (χ0v) is 6.11. The Morgan fingerprint density at radius 2 is 2.44 bits per heavy atom. The van der Waals surface area contributed by atoms with Gasteiger partial charge in [0.2, 0.25) is 0 Å². The van der Waals surface area contributed by atoms with Crippen molar-refractivity contribution in [1.29, 1.82) is 0 Å². The van der Waals surface area contributed by atoms with Gasteiger partial charge in [-0.3, -0.25) is 4.79 Å². The molecule has 0 saturated heterocycles. The highest BCUT2D eigenvalue weighted by Crippen LogP contribution is 1.90. The summed E-state index contributed by atoms with van der Waals surface area (Å²) in [6.07, 6.45) is 1.10. The fourth-order valence-corrected chi connectivity index (χ4v) is 0.519. The highest BCUT2D eigenvalue weighted by atomic mass is 32.1. The maximum atomic E-state index is 10.4. The van der Waals surface area contributed by atoms with Gasteiger partial charge >= 0.3 is 5.97 Å². The molecule has 0 saturated carbocycles. The van der Waals surface area contributed by atoms with Gasteiger partial charge in [0.25, 0.3) is 0 Å². The fourth-order valence-electron chi connectivity index (χ4n) is 0.390. The Labute approximate surface area is 59.6 Å². The summed E-state index contributed by atoms with van der Waals surface area (Å²) < 4.78 is 7.80. The number of hydrogen-bond donors (Lipinski definition) is 0. The Morgan fingerprint density at radius 3 is 2.89 bits per heavy atom. The second-order valence-corrected chi connectivity index (χ2v) is 1.79. The van der Waals surface area contributed by atoms with Crippen molar-refractivity contribution in [3.63, 3.8) is 0 Å². The summed E-state index contributed by atoms with van der Waals surface area (Å²) in [5, 5.41) is 0. The first kappa shape index (κ1) is 8.49. The van der Waals surface area contributed by atoms with Crippen LogP contribution in [0.1, 0.15) is 12.8 Å². The Balaban J connectivity index is 3.06. The predicted octanol–water partition coefficient (Wildman–Crippen LogP) is 0.670. The third-order valence-corrected chi connectivity index (χ3v) is 1.04. The molecule has 52 valence electrons. The molecule has 0 heterocycles. The number of carbonyl (C=O) groups excluding carboxylic acids is 1. The number of methoxy groups -OCH3 is 1. The van der Waals surface area contributed by atoms with Gasteiger partial charge < -0.3 is 4.74 Å². The van der Waals surface area contributed by atoms with Gasteiger partial charge in [-0.05, 0) is 6.42 Å². The lowest BCUT2D eigenvalue weighted by Crippen LogP contribution is -1.99. The van der Waals surface area contributed by atoms with Crippen LogP contribution in [0.5, 0.6) is 0 Å². The van der Waals surface area contributed by atoms with E-state index in [0.29, 0.717) is 19.4 Å². The Hall–Kier alpha value is -0.510. The summed E-state index contributed by atoms with van der Waals surface area (Å²) in [5.41, 5.74) is 0. The zero-order valence-electron chi connectivity index (χ0n) is 5.29. The number of rotatable bonds is 4. The normalized spacial score (nSPS) is 8.56. The molecule has 0 rings (SSSR count). The lowest BCUT2D eigenvalue weighted by atomic mass is 10.3. The second kappa shape index (κ2) is 5.62. The molecule has 0 amide bonds. The smallest absolute Gasteiger partial charge is 0.305 e. The van der Waals surface area contributed by atoms with Crippen LogP contribution in [0.4, 0.5) is 0 Å². The Kier molecular flexibility index (Phi) is 5.30. The lowest BCUT2D eigenvalue weighted by molar-refractivity contribution is -0.140.